The third-order valence-corrected chi connectivity index (χ3v) is 6.65. The van der Waals surface area contributed by atoms with E-state index < -0.39 is 15.8 Å². The lowest BCUT2D eigenvalue weighted by atomic mass is 9.99. The zero-order valence-electron chi connectivity index (χ0n) is 15.5. The van der Waals surface area contributed by atoms with Crippen LogP contribution in [0.15, 0.2) is 47.4 Å². The molecule has 0 aliphatic carbocycles. The van der Waals surface area contributed by atoms with Gasteiger partial charge in [0.15, 0.2) is 0 Å². The molecule has 1 aliphatic rings. The third kappa shape index (κ3) is 4.47. The van der Waals surface area contributed by atoms with Gasteiger partial charge >= 0.3 is 0 Å². The standard InChI is InChI=1S/C20H22ClFN2O3S/c1-2-16-5-3-4-12-24(16)20(25)14-6-11-18(21)19(13-14)23-28(26,27)17-9-7-15(22)8-10-17/h6-11,13,16,23H,2-5,12H2,1H3. The monoisotopic (exact) mass is 424 g/mol. The second-order valence-electron chi connectivity index (χ2n) is 6.81. The molecule has 0 bridgehead atoms. The summed E-state index contributed by atoms with van der Waals surface area (Å²) in [5.74, 6) is -0.665. The van der Waals surface area contributed by atoms with E-state index in [1.165, 1.54) is 24.3 Å². The molecule has 1 unspecified atom stereocenters. The van der Waals surface area contributed by atoms with Gasteiger partial charge in [-0.1, -0.05) is 18.5 Å². The van der Waals surface area contributed by atoms with Crippen LogP contribution in [-0.2, 0) is 10.0 Å². The van der Waals surface area contributed by atoms with Crippen molar-refractivity contribution in [1.29, 1.82) is 0 Å². The SMILES string of the molecule is CCC1CCCCN1C(=O)c1ccc(Cl)c(NS(=O)(=O)c2ccc(F)cc2)c1. The molecule has 150 valence electrons. The number of hydrogen-bond donors (Lipinski definition) is 1. The van der Waals surface area contributed by atoms with Gasteiger partial charge < -0.3 is 4.90 Å². The fourth-order valence-electron chi connectivity index (χ4n) is 3.41. The fraction of sp³-hybridized carbons (Fsp3) is 0.350. The maximum atomic E-state index is 13.1. The van der Waals surface area contributed by atoms with Crippen LogP contribution in [-0.4, -0.2) is 31.8 Å². The Bertz CT molecular complexity index is 964. The Labute approximate surface area is 169 Å². The smallest absolute Gasteiger partial charge is 0.261 e. The molecule has 0 aromatic heterocycles. The van der Waals surface area contributed by atoms with Gasteiger partial charge in [-0.15, -0.1) is 0 Å². The normalized spacial score (nSPS) is 17.4. The van der Waals surface area contributed by atoms with E-state index in [-0.39, 0.29) is 27.6 Å². The van der Waals surface area contributed by atoms with E-state index in [1.54, 1.807) is 6.07 Å². The van der Waals surface area contributed by atoms with Crippen LogP contribution < -0.4 is 4.72 Å². The molecule has 5 nitrogen and oxygen atoms in total. The van der Waals surface area contributed by atoms with Crippen LogP contribution in [0.1, 0.15) is 43.0 Å². The van der Waals surface area contributed by atoms with E-state index in [4.69, 9.17) is 11.6 Å². The van der Waals surface area contributed by atoms with Crippen LogP contribution in [0, 0.1) is 5.82 Å². The number of hydrogen-bond acceptors (Lipinski definition) is 3. The molecule has 2 aromatic rings. The Balaban J connectivity index is 1.87. The molecular formula is C20H22ClFN2O3S. The number of carbonyl (C=O) groups excluding carboxylic acids is 1. The van der Waals surface area contributed by atoms with Gasteiger partial charge in [-0.2, -0.15) is 0 Å². The van der Waals surface area contributed by atoms with Gasteiger partial charge in [0.05, 0.1) is 15.6 Å². The molecule has 2 aromatic carbocycles. The number of likely N-dealkylation sites (tertiary alicyclic amines) is 1. The highest BCUT2D eigenvalue weighted by molar-refractivity contribution is 7.92. The molecule has 1 saturated heterocycles. The van der Waals surface area contributed by atoms with E-state index in [2.05, 4.69) is 11.6 Å². The first-order valence-corrected chi connectivity index (χ1v) is 11.1. The fourth-order valence-corrected chi connectivity index (χ4v) is 4.70. The number of sulfonamides is 1. The Morgan fingerprint density at radius 2 is 1.93 bits per heavy atom. The Morgan fingerprint density at radius 1 is 1.21 bits per heavy atom. The average molecular weight is 425 g/mol. The minimum absolute atomic E-state index is 0.0937. The van der Waals surface area contributed by atoms with Gasteiger partial charge in [0.25, 0.3) is 15.9 Å². The first-order valence-electron chi connectivity index (χ1n) is 9.20. The van der Waals surface area contributed by atoms with Crippen LogP contribution in [0.4, 0.5) is 10.1 Å². The van der Waals surface area contributed by atoms with Gasteiger partial charge in [0.2, 0.25) is 0 Å². The van der Waals surface area contributed by atoms with Crippen molar-refractivity contribution in [2.75, 3.05) is 11.3 Å². The van der Waals surface area contributed by atoms with Crippen molar-refractivity contribution in [3.05, 3.63) is 58.9 Å². The number of piperidine rings is 1. The highest BCUT2D eigenvalue weighted by atomic mass is 35.5. The average Bonchev–Trinajstić information content (AvgIpc) is 2.69. The first-order chi connectivity index (χ1) is 13.3. The van der Waals surface area contributed by atoms with Gasteiger partial charge in [0.1, 0.15) is 5.82 Å². The van der Waals surface area contributed by atoms with Gasteiger partial charge in [-0.05, 0) is 68.1 Å². The van der Waals surface area contributed by atoms with Crippen molar-refractivity contribution >= 4 is 33.2 Å². The quantitative estimate of drug-likeness (QED) is 0.757. The molecule has 1 N–H and O–H groups in total. The number of rotatable bonds is 5. The number of carbonyl (C=O) groups is 1. The van der Waals surface area contributed by atoms with Crippen molar-refractivity contribution < 1.29 is 17.6 Å². The van der Waals surface area contributed by atoms with Gasteiger partial charge in [-0.3, -0.25) is 9.52 Å². The van der Waals surface area contributed by atoms with Crippen LogP contribution in [0.2, 0.25) is 5.02 Å². The second-order valence-corrected chi connectivity index (χ2v) is 8.90. The number of nitrogens with zero attached hydrogens (tertiary/aromatic N) is 1. The summed E-state index contributed by atoms with van der Waals surface area (Å²) >= 11 is 6.15. The highest BCUT2D eigenvalue weighted by Gasteiger charge is 2.27. The Hall–Kier alpha value is -2.12. The number of halogens is 2. The lowest BCUT2D eigenvalue weighted by molar-refractivity contribution is 0.0608. The van der Waals surface area contributed by atoms with Crippen molar-refractivity contribution in [2.45, 2.75) is 43.5 Å². The highest BCUT2D eigenvalue weighted by Crippen LogP contribution is 2.28. The molecule has 0 spiro atoms. The second kappa shape index (κ2) is 8.49. The summed E-state index contributed by atoms with van der Waals surface area (Å²) in [7, 11) is -3.96. The lowest BCUT2D eigenvalue weighted by Crippen LogP contribution is -2.43. The first kappa shape index (κ1) is 20.6. The minimum Gasteiger partial charge on any atom is -0.336 e. The molecule has 1 heterocycles. The summed E-state index contributed by atoms with van der Waals surface area (Å²) in [4.78, 5) is 14.7. The van der Waals surface area contributed by atoms with Crippen molar-refractivity contribution in [2.24, 2.45) is 0 Å². The van der Waals surface area contributed by atoms with E-state index >= 15 is 0 Å². The molecular weight excluding hydrogens is 403 g/mol. The summed E-state index contributed by atoms with van der Waals surface area (Å²) in [5, 5.41) is 0.174. The van der Waals surface area contributed by atoms with E-state index in [1.807, 2.05) is 4.90 Å². The van der Waals surface area contributed by atoms with Crippen LogP contribution >= 0.6 is 11.6 Å². The van der Waals surface area contributed by atoms with Crippen molar-refractivity contribution in [3.8, 4) is 0 Å². The number of benzene rings is 2. The minimum atomic E-state index is -3.96. The molecule has 3 rings (SSSR count). The molecule has 1 atom stereocenters. The Morgan fingerprint density at radius 3 is 2.61 bits per heavy atom. The van der Waals surface area contributed by atoms with Crippen LogP contribution in [0.3, 0.4) is 0 Å². The number of nitrogens with one attached hydrogen (secondary N) is 1. The summed E-state index contributed by atoms with van der Waals surface area (Å²) < 4.78 is 40.6. The zero-order valence-corrected chi connectivity index (χ0v) is 17.1. The summed E-state index contributed by atoms with van der Waals surface area (Å²) in [6.07, 6.45) is 3.91. The molecule has 1 fully saturated rings. The molecule has 1 aliphatic heterocycles. The topological polar surface area (TPSA) is 66.5 Å². The molecule has 1 amide bonds. The van der Waals surface area contributed by atoms with E-state index in [0.29, 0.717) is 12.1 Å². The van der Waals surface area contributed by atoms with Crippen LogP contribution in [0.5, 0.6) is 0 Å². The predicted octanol–water partition coefficient (Wildman–Crippen LogP) is 4.68. The van der Waals surface area contributed by atoms with E-state index in [0.717, 1.165) is 37.8 Å². The lowest BCUT2D eigenvalue weighted by Gasteiger charge is -2.35. The summed E-state index contributed by atoms with van der Waals surface area (Å²) in [6, 6.07) is 9.21. The maximum Gasteiger partial charge on any atom is 0.261 e. The number of anilines is 1. The van der Waals surface area contributed by atoms with Crippen molar-refractivity contribution in [3.63, 3.8) is 0 Å². The summed E-state index contributed by atoms with van der Waals surface area (Å²) in [6.45, 7) is 2.75. The Kier molecular flexibility index (Phi) is 6.25. The largest absolute Gasteiger partial charge is 0.336 e. The molecule has 8 heteroatoms. The molecule has 0 radical (unpaired) electrons. The summed E-state index contributed by atoms with van der Waals surface area (Å²) in [5.41, 5.74) is 0.489. The molecule has 0 saturated carbocycles. The van der Waals surface area contributed by atoms with Crippen LogP contribution in [0.25, 0.3) is 0 Å². The van der Waals surface area contributed by atoms with Crippen molar-refractivity contribution in [1.82, 2.24) is 4.90 Å². The van der Waals surface area contributed by atoms with Gasteiger partial charge in [0, 0.05) is 18.2 Å². The zero-order chi connectivity index (χ0) is 20.3. The predicted molar refractivity (Wildman–Crippen MR) is 108 cm³/mol. The number of amides is 1. The third-order valence-electron chi connectivity index (χ3n) is 4.94. The molecule has 28 heavy (non-hydrogen) atoms. The maximum absolute atomic E-state index is 13.1. The van der Waals surface area contributed by atoms with E-state index in [9.17, 15) is 17.6 Å². The van der Waals surface area contributed by atoms with Gasteiger partial charge in [-0.25, -0.2) is 12.8 Å².